The fourth-order valence-corrected chi connectivity index (χ4v) is 4.29. The zero-order chi connectivity index (χ0) is 23.4. The van der Waals surface area contributed by atoms with Crippen LogP contribution in [-0.4, -0.2) is 45.3 Å². The number of rotatable bonds is 5. The molecule has 3 aromatic rings. The number of carbonyl (C=O) groups excluding carboxylic acids is 1. The molecule has 0 saturated carbocycles. The summed E-state index contributed by atoms with van der Waals surface area (Å²) in [5, 5.41) is 13.0. The molecule has 1 aliphatic rings. The Morgan fingerprint density at radius 2 is 1.94 bits per heavy atom. The van der Waals surface area contributed by atoms with Crippen LogP contribution < -0.4 is 5.32 Å². The van der Waals surface area contributed by atoms with Crippen molar-refractivity contribution in [2.45, 2.75) is 58.2 Å². The van der Waals surface area contributed by atoms with Crippen molar-refractivity contribution >= 4 is 23.1 Å². The highest BCUT2D eigenvalue weighted by atomic mass is 16.6. The van der Waals surface area contributed by atoms with Crippen LogP contribution in [-0.2, 0) is 11.3 Å². The third-order valence-corrected chi connectivity index (χ3v) is 5.87. The van der Waals surface area contributed by atoms with Crippen LogP contribution in [0.4, 0.5) is 10.7 Å². The summed E-state index contributed by atoms with van der Waals surface area (Å²) in [6.07, 6.45) is 2.73. The third kappa shape index (κ3) is 5.28. The average Bonchev–Trinajstić information content (AvgIpc) is 3.14. The molecule has 1 aliphatic heterocycles. The van der Waals surface area contributed by atoms with E-state index in [4.69, 9.17) is 9.72 Å². The summed E-state index contributed by atoms with van der Waals surface area (Å²) in [4.78, 5) is 19.4. The van der Waals surface area contributed by atoms with E-state index in [1.165, 1.54) is 0 Å². The van der Waals surface area contributed by atoms with Gasteiger partial charge < -0.3 is 19.5 Å². The second-order valence-electron chi connectivity index (χ2n) is 9.48. The number of carbonyl (C=O) groups is 1. The van der Waals surface area contributed by atoms with Crippen molar-refractivity contribution in [3.63, 3.8) is 0 Å². The number of nitrogens with zero attached hydrogens (tertiary/aromatic N) is 4. The molecule has 1 unspecified atom stereocenters. The number of imidazole rings is 1. The Morgan fingerprint density at radius 3 is 2.73 bits per heavy atom. The maximum Gasteiger partial charge on any atom is 0.410 e. The van der Waals surface area contributed by atoms with E-state index in [9.17, 15) is 10.1 Å². The molecule has 1 aromatic heterocycles. The van der Waals surface area contributed by atoms with E-state index in [1.807, 2.05) is 74.2 Å². The molecule has 1 N–H and O–H groups in total. The number of nitriles is 1. The van der Waals surface area contributed by atoms with Gasteiger partial charge in [0.25, 0.3) is 0 Å². The first-order chi connectivity index (χ1) is 15.9. The summed E-state index contributed by atoms with van der Waals surface area (Å²) < 4.78 is 7.75. The predicted molar refractivity (Wildman–Crippen MR) is 129 cm³/mol. The van der Waals surface area contributed by atoms with Gasteiger partial charge in [0.2, 0.25) is 5.95 Å². The van der Waals surface area contributed by atoms with Crippen molar-refractivity contribution in [3.05, 3.63) is 59.7 Å². The Balaban J connectivity index is 1.58. The van der Waals surface area contributed by atoms with Gasteiger partial charge in [0.1, 0.15) is 5.60 Å². The quantitative estimate of drug-likeness (QED) is 0.587. The number of benzene rings is 2. The molecule has 0 spiro atoms. The lowest BCUT2D eigenvalue weighted by molar-refractivity contribution is 0.0114. The highest BCUT2D eigenvalue weighted by molar-refractivity contribution is 5.79. The van der Waals surface area contributed by atoms with Crippen molar-refractivity contribution in [3.8, 4) is 6.07 Å². The number of fused-ring (bicyclic) bond motifs is 1. The van der Waals surface area contributed by atoms with Crippen LogP contribution in [0.1, 0.15) is 51.2 Å². The molecular formula is C26H31N5O2. The minimum absolute atomic E-state index is 0.0354. The monoisotopic (exact) mass is 445 g/mol. The van der Waals surface area contributed by atoms with E-state index in [1.54, 1.807) is 0 Å². The normalized spacial score (nSPS) is 16.4. The second kappa shape index (κ2) is 9.53. The molecule has 1 saturated heterocycles. The predicted octanol–water partition coefficient (Wildman–Crippen LogP) is 5.16. The number of anilines is 1. The molecule has 0 radical (unpaired) electrons. The second-order valence-corrected chi connectivity index (χ2v) is 9.48. The lowest BCUT2D eigenvalue weighted by Crippen LogP contribution is -2.49. The van der Waals surface area contributed by atoms with Crippen LogP contribution in [0.2, 0.25) is 0 Å². The van der Waals surface area contributed by atoms with Gasteiger partial charge in [0.15, 0.2) is 0 Å². The maximum atomic E-state index is 12.8. The van der Waals surface area contributed by atoms with Gasteiger partial charge >= 0.3 is 6.09 Å². The van der Waals surface area contributed by atoms with Crippen LogP contribution in [0.15, 0.2) is 48.5 Å². The molecule has 7 nitrogen and oxygen atoms in total. The van der Waals surface area contributed by atoms with Gasteiger partial charge in [-0.15, -0.1) is 0 Å². The van der Waals surface area contributed by atoms with Gasteiger partial charge in [-0.25, -0.2) is 9.78 Å². The molecule has 4 rings (SSSR count). The first kappa shape index (κ1) is 22.7. The minimum atomic E-state index is -0.519. The van der Waals surface area contributed by atoms with Crippen molar-refractivity contribution in [2.75, 3.05) is 18.4 Å². The van der Waals surface area contributed by atoms with E-state index in [0.717, 1.165) is 41.8 Å². The van der Waals surface area contributed by atoms with Crippen LogP contribution in [0.25, 0.3) is 11.0 Å². The summed E-state index contributed by atoms with van der Waals surface area (Å²) in [5.41, 5.74) is 2.97. The Hall–Kier alpha value is -3.53. The Morgan fingerprint density at radius 1 is 1.18 bits per heavy atom. The first-order valence-electron chi connectivity index (χ1n) is 11.5. The largest absolute Gasteiger partial charge is 0.444 e. The molecule has 1 amide bonds. The first-order valence-corrected chi connectivity index (χ1v) is 11.5. The van der Waals surface area contributed by atoms with Gasteiger partial charge in [0, 0.05) is 13.1 Å². The van der Waals surface area contributed by atoms with Gasteiger partial charge in [-0.3, -0.25) is 0 Å². The Bertz CT molecular complexity index is 1170. The van der Waals surface area contributed by atoms with Gasteiger partial charge in [-0.05, 0) is 63.8 Å². The zero-order valence-electron chi connectivity index (χ0n) is 19.5. The fourth-order valence-electron chi connectivity index (χ4n) is 4.29. The van der Waals surface area contributed by atoms with Gasteiger partial charge in [-0.2, -0.15) is 5.26 Å². The van der Waals surface area contributed by atoms with Gasteiger partial charge in [0.05, 0.1) is 35.3 Å². The van der Waals surface area contributed by atoms with Crippen molar-refractivity contribution in [2.24, 2.45) is 0 Å². The molecule has 1 atom stereocenters. The molecule has 33 heavy (non-hydrogen) atoms. The molecule has 7 heteroatoms. The fraction of sp³-hybridized carbons (Fsp3) is 0.423. The van der Waals surface area contributed by atoms with Crippen LogP contribution in [0.3, 0.4) is 0 Å². The van der Waals surface area contributed by atoms with Crippen molar-refractivity contribution in [1.29, 1.82) is 5.26 Å². The molecule has 2 aromatic carbocycles. The van der Waals surface area contributed by atoms with Crippen LogP contribution >= 0.6 is 0 Å². The maximum absolute atomic E-state index is 12.8. The summed E-state index contributed by atoms with van der Waals surface area (Å²) in [7, 11) is 0. The van der Waals surface area contributed by atoms with E-state index in [0.29, 0.717) is 25.2 Å². The van der Waals surface area contributed by atoms with E-state index in [2.05, 4.69) is 16.0 Å². The number of nitrogens with one attached hydrogen (secondary N) is 1. The lowest BCUT2D eigenvalue weighted by Gasteiger charge is -2.36. The topological polar surface area (TPSA) is 83.2 Å². The third-order valence-electron chi connectivity index (χ3n) is 5.87. The SMILES string of the molecule is CC(C)(C)OC(=O)N1CCCCC1CNc1nc2ccccc2n1Cc1ccccc1C#N. The summed E-state index contributed by atoms with van der Waals surface area (Å²) in [5.74, 6) is 0.735. The number of likely N-dealkylation sites (tertiary alicyclic amines) is 1. The van der Waals surface area contributed by atoms with Crippen molar-refractivity contribution in [1.82, 2.24) is 14.5 Å². The smallest absolute Gasteiger partial charge is 0.410 e. The number of piperidine rings is 1. The van der Waals surface area contributed by atoms with Crippen LogP contribution in [0, 0.1) is 11.3 Å². The van der Waals surface area contributed by atoms with E-state index in [-0.39, 0.29) is 12.1 Å². The van der Waals surface area contributed by atoms with E-state index < -0.39 is 5.60 Å². The average molecular weight is 446 g/mol. The highest BCUT2D eigenvalue weighted by Gasteiger charge is 2.30. The van der Waals surface area contributed by atoms with E-state index >= 15 is 0 Å². The lowest BCUT2D eigenvalue weighted by atomic mass is 10.0. The number of ether oxygens (including phenoxy) is 1. The highest BCUT2D eigenvalue weighted by Crippen LogP contribution is 2.24. The van der Waals surface area contributed by atoms with Crippen molar-refractivity contribution < 1.29 is 9.53 Å². The number of amides is 1. The van der Waals surface area contributed by atoms with Gasteiger partial charge in [-0.1, -0.05) is 30.3 Å². The number of hydrogen-bond donors (Lipinski definition) is 1. The molecule has 172 valence electrons. The number of para-hydroxylation sites is 2. The summed E-state index contributed by atoms with van der Waals surface area (Å²) >= 11 is 0. The standard InChI is InChI=1S/C26H31N5O2/c1-26(2,3)33-25(32)30-15-9-8-12-21(30)17-28-24-29-22-13-6-7-14-23(22)31(24)18-20-11-5-4-10-19(20)16-27/h4-7,10-11,13-14,21H,8-9,12,15,17-18H2,1-3H3,(H,28,29). The zero-order valence-corrected chi connectivity index (χ0v) is 19.5. The molecular weight excluding hydrogens is 414 g/mol. The minimum Gasteiger partial charge on any atom is -0.444 e. The molecule has 2 heterocycles. The Kier molecular flexibility index (Phi) is 6.55. The molecule has 1 fully saturated rings. The molecule has 0 bridgehead atoms. The number of aromatic nitrogens is 2. The Labute approximate surface area is 195 Å². The summed E-state index contributed by atoms with van der Waals surface area (Å²) in [6.45, 7) is 7.50. The molecule has 0 aliphatic carbocycles. The van der Waals surface area contributed by atoms with Crippen LogP contribution in [0.5, 0.6) is 0 Å². The number of hydrogen-bond acceptors (Lipinski definition) is 5. The summed E-state index contributed by atoms with van der Waals surface area (Å²) in [6, 6.07) is 17.9.